The average molecular weight is 443 g/mol. The summed E-state index contributed by atoms with van der Waals surface area (Å²) in [6.45, 7) is 0. The van der Waals surface area contributed by atoms with Crippen LogP contribution in [0.4, 0.5) is 5.69 Å². The van der Waals surface area contributed by atoms with Crippen LogP contribution in [0.2, 0.25) is 0 Å². The summed E-state index contributed by atoms with van der Waals surface area (Å²) in [5.41, 5.74) is 1.45. The van der Waals surface area contributed by atoms with Crippen molar-refractivity contribution in [3.63, 3.8) is 0 Å². The van der Waals surface area contributed by atoms with Crippen molar-refractivity contribution in [1.82, 2.24) is 0 Å². The van der Waals surface area contributed by atoms with Gasteiger partial charge in [0, 0.05) is 5.69 Å². The molecule has 1 amide bonds. The summed E-state index contributed by atoms with van der Waals surface area (Å²) in [6, 6.07) is 21.5. The Morgan fingerprint density at radius 1 is 0.909 bits per heavy atom. The summed E-state index contributed by atoms with van der Waals surface area (Å²) in [5, 5.41) is 3.52. The van der Waals surface area contributed by atoms with Crippen LogP contribution in [-0.4, -0.2) is 26.2 Å². The van der Waals surface area contributed by atoms with E-state index in [0.29, 0.717) is 45.0 Å². The van der Waals surface area contributed by atoms with Gasteiger partial charge in [-0.25, -0.2) is 4.79 Å². The van der Waals surface area contributed by atoms with Gasteiger partial charge in [0.25, 0.3) is 5.91 Å². The Kier molecular flexibility index (Phi) is 5.22. The molecule has 1 N–H and O–H groups in total. The van der Waals surface area contributed by atoms with Gasteiger partial charge in [0.1, 0.15) is 11.3 Å². The Hall–Kier alpha value is -4.26. The van der Waals surface area contributed by atoms with E-state index in [4.69, 9.17) is 18.6 Å². The van der Waals surface area contributed by atoms with Crippen molar-refractivity contribution in [3.8, 4) is 17.2 Å². The molecule has 1 aliphatic rings. The van der Waals surface area contributed by atoms with E-state index in [-0.39, 0.29) is 5.91 Å². The molecule has 0 saturated carbocycles. The molecule has 33 heavy (non-hydrogen) atoms. The highest BCUT2D eigenvalue weighted by molar-refractivity contribution is 5.97. The van der Waals surface area contributed by atoms with E-state index in [1.54, 1.807) is 55.6 Å². The van der Waals surface area contributed by atoms with Gasteiger partial charge in [0.15, 0.2) is 17.6 Å². The molecule has 0 fully saturated rings. The first-order chi connectivity index (χ1) is 16.1. The number of carbonyl (C=O) groups is 1. The molecule has 2 heterocycles. The molecular weight excluding hydrogens is 422 g/mol. The van der Waals surface area contributed by atoms with Crippen LogP contribution < -0.4 is 25.2 Å². The van der Waals surface area contributed by atoms with Crippen molar-refractivity contribution in [1.29, 1.82) is 0 Å². The van der Waals surface area contributed by atoms with Crippen molar-refractivity contribution in [3.05, 3.63) is 94.3 Å². The first-order valence-corrected chi connectivity index (χ1v) is 10.4. The molecule has 0 aliphatic carbocycles. The van der Waals surface area contributed by atoms with Crippen molar-refractivity contribution >= 4 is 22.6 Å². The molecule has 2 atom stereocenters. The third-order valence-corrected chi connectivity index (χ3v) is 5.72. The topological polar surface area (TPSA) is 87.0 Å². The summed E-state index contributed by atoms with van der Waals surface area (Å²) >= 11 is 0. The molecule has 5 rings (SSSR count). The number of para-hydroxylation sites is 2. The second-order valence-corrected chi connectivity index (χ2v) is 7.61. The highest BCUT2D eigenvalue weighted by atomic mass is 16.5. The van der Waals surface area contributed by atoms with Crippen LogP contribution in [0.15, 0.2) is 82.0 Å². The van der Waals surface area contributed by atoms with E-state index in [9.17, 15) is 9.59 Å². The van der Waals surface area contributed by atoms with Crippen LogP contribution in [0.5, 0.6) is 17.2 Å². The van der Waals surface area contributed by atoms with Crippen LogP contribution >= 0.6 is 0 Å². The quantitative estimate of drug-likeness (QED) is 0.462. The molecule has 7 heteroatoms. The molecule has 0 saturated heterocycles. The molecule has 3 aromatic carbocycles. The second-order valence-electron chi connectivity index (χ2n) is 7.61. The lowest BCUT2D eigenvalue weighted by atomic mass is 9.88. The predicted molar refractivity (Wildman–Crippen MR) is 123 cm³/mol. The Labute approximate surface area is 189 Å². The number of nitrogens with one attached hydrogen (secondary N) is 1. The van der Waals surface area contributed by atoms with Crippen LogP contribution in [0.1, 0.15) is 17.0 Å². The third kappa shape index (κ3) is 3.57. The molecular formula is C26H21NO6. The van der Waals surface area contributed by atoms with Gasteiger partial charge in [-0.1, -0.05) is 36.4 Å². The number of amides is 1. The van der Waals surface area contributed by atoms with Crippen molar-refractivity contribution in [2.45, 2.75) is 12.0 Å². The molecule has 1 aliphatic heterocycles. The summed E-state index contributed by atoms with van der Waals surface area (Å²) in [4.78, 5) is 26.4. The van der Waals surface area contributed by atoms with Crippen LogP contribution in [0, 0.1) is 0 Å². The Balaban J connectivity index is 1.66. The van der Waals surface area contributed by atoms with Gasteiger partial charge in [-0.15, -0.1) is 0 Å². The van der Waals surface area contributed by atoms with Crippen molar-refractivity contribution in [2.24, 2.45) is 0 Å². The normalized spacial score (nSPS) is 16.7. The zero-order chi connectivity index (χ0) is 22.9. The summed E-state index contributed by atoms with van der Waals surface area (Å²) in [7, 11) is 3.07. The fraction of sp³-hybridized carbons (Fsp3) is 0.154. The lowest BCUT2D eigenvalue weighted by molar-refractivity contribution is -0.122. The van der Waals surface area contributed by atoms with E-state index >= 15 is 0 Å². The molecule has 0 bridgehead atoms. The van der Waals surface area contributed by atoms with Gasteiger partial charge in [-0.05, 0) is 42.0 Å². The van der Waals surface area contributed by atoms with Gasteiger partial charge in [0.2, 0.25) is 0 Å². The van der Waals surface area contributed by atoms with Crippen LogP contribution in [0.3, 0.4) is 0 Å². The zero-order valence-electron chi connectivity index (χ0n) is 18.0. The minimum absolute atomic E-state index is 0.300. The molecule has 166 valence electrons. The minimum atomic E-state index is -0.994. The van der Waals surface area contributed by atoms with Crippen molar-refractivity contribution < 1.29 is 23.4 Å². The van der Waals surface area contributed by atoms with E-state index in [0.717, 1.165) is 0 Å². The molecule has 0 radical (unpaired) electrons. The Morgan fingerprint density at radius 3 is 2.39 bits per heavy atom. The predicted octanol–water partition coefficient (Wildman–Crippen LogP) is 4.34. The third-order valence-electron chi connectivity index (χ3n) is 5.72. The maximum absolute atomic E-state index is 13.4. The maximum Gasteiger partial charge on any atom is 0.344 e. The van der Waals surface area contributed by atoms with E-state index in [2.05, 4.69) is 5.32 Å². The number of ether oxygens (including phenoxy) is 3. The number of benzene rings is 3. The van der Waals surface area contributed by atoms with E-state index < -0.39 is 17.6 Å². The minimum Gasteiger partial charge on any atom is -0.493 e. The monoisotopic (exact) mass is 443 g/mol. The van der Waals surface area contributed by atoms with Gasteiger partial charge in [-0.2, -0.15) is 0 Å². The smallest absolute Gasteiger partial charge is 0.344 e. The van der Waals surface area contributed by atoms with Crippen LogP contribution in [-0.2, 0) is 4.79 Å². The fourth-order valence-electron chi connectivity index (χ4n) is 4.20. The van der Waals surface area contributed by atoms with E-state index in [1.165, 1.54) is 7.11 Å². The first-order valence-electron chi connectivity index (χ1n) is 10.4. The van der Waals surface area contributed by atoms with Gasteiger partial charge >= 0.3 is 5.63 Å². The molecule has 7 nitrogen and oxygen atoms in total. The van der Waals surface area contributed by atoms with Gasteiger partial charge in [-0.3, -0.25) is 4.79 Å². The standard InChI is InChI=1S/C26H21NO6/c1-30-19-13-12-15(14-20(19)31-2)21-22-23(17-10-6-7-11-18(17)32-26(22)29)33-24(21)25(28)27-16-8-4-3-5-9-16/h3-14,21,24H,1-2H3,(H,27,28)/t21-,24-/m1/s1. The van der Waals surface area contributed by atoms with E-state index in [1.807, 2.05) is 24.3 Å². The largest absolute Gasteiger partial charge is 0.493 e. The molecule has 0 unspecified atom stereocenters. The molecule has 1 aromatic heterocycles. The molecule has 4 aromatic rings. The Morgan fingerprint density at radius 2 is 1.64 bits per heavy atom. The van der Waals surface area contributed by atoms with Crippen molar-refractivity contribution in [2.75, 3.05) is 19.5 Å². The Bertz CT molecular complexity index is 1400. The number of anilines is 1. The highest BCUT2D eigenvalue weighted by Crippen LogP contribution is 2.46. The SMILES string of the molecule is COc1ccc([C@@H]2c3c(c4ccccc4oc3=O)O[C@H]2C(=O)Nc2ccccc2)cc1OC. The highest BCUT2D eigenvalue weighted by Gasteiger charge is 2.44. The summed E-state index contributed by atoms with van der Waals surface area (Å²) in [5.74, 6) is 0.298. The number of hydrogen-bond donors (Lipinski definition) is 1. The maximum atomic E-state index is 13.4. The lowest BCUT2D eigenvalue weighted by Gasteiger charge is -2.20. The number of methoxy groups -OCH3 is 2. The fourth-order valence-corrected chi connectivity index (χ4v) is 4.20. The average Bonchev–Trinajstić information content (AvgIpc) is 3.26. The number of fused-ring (bicyclic) bond motifs is 3. The summed E-state index contributed by atoms with van der Waals surface area (Å²) < 4.78 is 22.6. The van der Waals surface area contributed by atoms with Gasteiger partial charge in [0.05, 0.1) is 31.1 Å². The number of hydrogen-bond acceptors (Lipinski definition) is 6. The second kappa shape index (κ2) is 8.35. The summed E-state index contributed by atoms with van der Waals surface area (Å²) in [6.07, 6.45) is -0.994. The zero-order valence-corrected chi connectivity index (χ0v) is 18.0. The van der Waals surface area contributed by atoms with Gasteiger partial charge < -0.3 is 23.9 Å². The van der Waals surface area contributed by atoms with Crippen LogP contribution in [0.25, 0.3) is 11.0 Å². The molecule has 0 spiro atoms. The number of rotatable bonds is 5. The number of carbonyl (C=O) groups excluding carboxylic acids is 1. The first kappa shape index (κ1) is 20.6. The lowest BCUT2D eigenvalue weighted by Crippen LogP contribution is -2.35.